The Morgan fingerprint density at radius 2 is 1.71 bits per heavy atom. The average Bonchev–Trinajstić information content (AvgIpc) is 2.69. The molecule has 1 heterocycles. The largest absolute Gasteiger partial charge is 0.370 e. The highest BCUT2D eigenvalue weighted by Crippen LogP contribution is 2.34. The first kappa shape index (κ1) is 13.7. The summed E-state index contributed by atoms with van der Waals surface area (Å²) in [6.07, 6.45) is 1.87. The highest BCUT2D eigenvalue weighted by molar-refractivity contribution is 5.59. The van der Waals surface area contributed by atoms with Gasteiger partial charge in [-0.2, -0.15) is 10.2 Å². The number of ether oxygens (including phenoxy) is 1. The van der Waals surface area contributed by atoms with Crippen molar-refractivity contribution >= 4 is 6.08 Å². The van der Waals surface area contributed by atoms with E-state index in [0.717, 1.165) is 16.8 Å². The summed E-state index contributed by atoms with van der Waals surface area (Å²) in [6, 6.07) is 18.4. The second kappa shape index (κ2) is 6.02. The van der Waals surface area contributed by atoms with E-state index < -0.39 is 0 Å². The Balaban J connectivity index is 2.05. The minimum atomic E-state index is -0.201. The lowest BCUT2D eigenvalue weighted by atomic mass is 9.99. The fourth-order valence-electron chi connectivity index (χ4n) is 2.61. The molecule has 0 fully saturated rings. The molecule has 0 amide bonds. The van der Waals surface area contributed by atoms with Crippen molar-refractivity contribution in [3.8, 4) is 0 Å². The monoisotopic (exact) mass is 278 g/mol. The summed E-state index contributed by atoms with van der Waals surface area (Å²) in [5.74, 6) is 0. The molecular formula is C18H18N2O. The molecule has 3 heteroatoms. The van der Waals surface area contributed by atoms with Crippen LogP contribution in [0.25, 0.3) is 6.08 Å². The number of azo groups is 1. The van der Waals surface area contributed by atoms with E-state index in [1.54, 1.807) is 7.11 Å². The van der Waals surface area contributed by atoms with Crippen LogP contribution in [0.3, 0.4) is 0 Å². The van der Waals surface area contributed by atoms with Gasteiger partial charge in [0.1, 0.15) is 6.10 Å². The Bertz CT molecular complexity index is 677. The van der Waals surface area contributed by atoms with Crippen molar-refractivity contribution in [2.75, 3.05) is 7.11 Å². The molecule has 0 spiro atoms. The zero-order valence-corrected chi connectivity index (χ0v) is 12.2. The predicted molar refractivity (Wildman–Crippen MR) is 83.9 cm³/mol. The summed E-state index contributed by atoms with van der Waals surface area (Å²) in [4.78, 5) is 0. The van der Waals surface area contributed by atoms with Gasteiger partial charge in [-0.05, 0) is 29.7 Å². The normalized spacial score (nSPS) is 18.6. The Morgan fingerprint density at radius 1 is 1.00 bits per heavy atom. The zero-order valence-electron chi connectivity index (χ0n) is 12.2. The lowest BCUT2D eigenvalue weighted by Gasteiger charge is -2.15. The van der Waals surface area contributed by atoms with E-state index >= 15 is 0 Å². The van der Waals surface area contributed by atoms with E-state index in [0.29, 0.717) is 0 Å². The maximum Gasteiger partial charge on any atom is 0.126 e. The molecule has 3 rings (SSSR count). The average molecular weight is 278 g/mol. The summed E-state index contributed by atoms with van der Waals surface area (Å²) in [5.41, 5.74) is 4.26. The summed E-state index contributed by atoms with van der Waals surface area (Å²) in [5, 5.41) is 8.85. The minimum Gasteiger partial charge on any atom is -0.370 e. The summed E-state index contributed by atoms with van der Waals surface area (Å²) < 4.78 is 5.66. The Kier molecular flexibility index (Phi) is 3.93. The van der Waals surface area contributed by atoms with E-state index in [4.69, 9.17) is 4.74 Å². The van der Waals surface area contributed by atoms with Gasteiger partial charge in [0.05, 0.1) is 11.7 Å². The number of benzene rings is 2. The van der Waals surface area contributed by atoms with Gasteiger partial charge in [0, 0.05) is 7.11 Å². The molecule has 0 aromatic heterocycles. The van der Waals surface area contributed by atoms with Crippen LogP contribution in [0.5, 0.6) is 0 Å². The Hall–Kier alpha value is -2.26. The van der Waals surface area contributed by atoms with Crippen LogP contribution in [-0.2, 0) is 4.74 Å². The smallest absolute Gasteiger partial charge is 0.126 e. The molecule has 106 valence electrons. The van der Waals surface area contributed by atoms with Gasteiger partial charge in [-0.1, -0.05) is 54.6 Å². The van der Waals surface area contributed by atoms with Gasteiger partial charge >= 0.3 is 0 Å². The standard InChI is InChI=1S/C18H18N2O/c1-13-16-11-7-6-10-15(16)12-17(20-19-13)18(21-2)14-8-4-3-5-9-14/h3-13,18H,1-2H3. The summed E-state index contributed by atoms with van der Waals surface area (Å²) in [7, 11) is 1.70. The lowest BCUT2D eigenvalue weighted by Crippen LogP contribution is -2.03. The van der Waals surface area contributed by atoms with Crippen LogP contribution in [0, 0.1) is 0 Å². The molecule has 1 aliphatic rings. The molecule has 2 aromatic carbocycles. The number of hydrogen-bond acceptors (Lipinski definition) is 3. The van der Waals surface area contributed by atoms with Crippen molar-refractivity contribution in [3.63, 3.8) is 0 Å². The Labute approximate surface area is 125 Å². The SMILES string of the molecule is COC(C1=Cc2ccccc2C(C)N=N1)c1ccccc1. The van der Waals surface area contributed by atoms with Gasteiger partial charge in [-0.3, -0.25) is 0 Å². The van der Waals surface area contributed by atoms with Gasteiger partial charge in [-0.15, -0.1) is 0 Å². The minimum absolute atomic E-state index is 0.0585. The molecule has 2 unspecified atom stereocenters. The van der Waals surface area contributed by atoms with E-state index in [9.17, 15) is 0 Å². The van der Waals surface area contributed by atoms with Crippen molar-refractivity contribution < 1.29 is 4.74 Å². The van der Waals surface area contributed by atoms with Crippen LogP contribution in [0.1, 0.15) is 35.8 Å². The van der Waals surface area contributed by atoms with Gasteiger partial charge in [0.15, 0.2) is 0 Å². The van der Waals surface area contributed by atoms with Crippen LogP contribution >= 0.6 is 0 Å². The van der Waals surface area contributed by atoms with Crippen LogP contribution in [-0.4, -0.2) is 7.11 Å². The first-order chi connectivity index (χ1) is 10.3. The van der Waals surface area contributed by atoms with Crippen LogP contribution < -0.4 is 0 Å². The number of nitrogens with zero attached hydrogens (tertiary/aromatic N) is 2. The highest BCUT2D eigenvalue weighted by Gasteiger charge is 2.20. The topological polar surface area (TPSA) is 34.0 Å². The molecule has 0 N–H and O–H groups in total. The maximum absolute atomic E-state index is 5.66. The molecule has 0 saturated carbocycles. The van der Waals surface area contributed by atoms with E-state index in [2.05, 4.69) is 35.4 Å². The molecule has 3 nitrogen and oxygen atoms in total. The van der Waals surface area contributed by atoms with Gasteiger partial charge < -0.3 is 4.74 Å². The van der Waals surface area contributed by atoms with Crippen molar-refractivity contribution in [1.29, 1.82) is 0 Å². The number of rotatable bonds is 3. The molecule has 2 atom stereocenters. The van der Waals surface area contributed by atoms with Gasteiger partial charge in [0.25, 0.3) is 0 Å². The third-order valence-corrected chi connectivity index (χ3v) is 3.70. The maximum atomic E-state index is 5.66. The number of methoxy groups -OCH3 is 1. The summed E-state index contributed by atoms with van der Waals surface area (Å²) in [6.45, 7) is 2.06. The molecule has 0 radical (unpaired) electrons. The molecule has 0 bridgehead atoms. The van der Waals surface area contributed by atoms with Crippen LogP contribution in [0.15, 0.2) is 70.5 Å². The van der Waals surface area contributed by atoms with E-state index in [1.165, 1.54) is 5.56 Å². The van der Waals surface area contributed by atoms with Crippen LogP contribution in [0.4, 0.5) is 0 Å². The zero-order chi connectivity index (χ0) is 14.7. The number of hydrogen-bond donors (Lipinski definition) is 0. The van der Waals surface area contributed by atoms with Crippen molar-refractivity contribution in [2.24, 2.45) is 10.2 Å². The van der Waals surface area contributed by atoms with Crippen LogP contribution in [0.2, 0.25) is 0 Å². The quantitative estimate of drug-likeness (QED) is 0.782. The molecule has 21 heavy (non-hydrogen) atoms. The molecule has 0 saturated heterocycles. The molecule has 0 aliphatic carbocycles. The molecule has 1 aliphatic heterocycles. The van der Waals surface area contributed by atoms with Crippen molar-refractivity contribution in [2.45, 2.75) is 19.1 Å². The third-order valence-electron chi connectivity index (χ3n) is 3.70. The summed E-state index contributed by atoms with van der Waals surface area (Å²) >= 11 is 0. The predicted octanol–water partition coefficient (Wildman–Crippen LogP) is 4.94. The Morgan fingerprint density at radius 3 is 2.48 bits per heavy atom. The second-order valence-corrected chi connectivity index (χ2v) is 5.12. The fourth-order valence-corrected chi connectivity index (χ4v) is 2.61. The van der Waals surface area contributed by atoms with Gasteiger partial charge in [0.2, 0.25) is 0 Å². The second-order valence-electron chi connectivity index (χ2n) is 5.12. The fraction of sp³-hybridized carbons (Fsp3) is 0.222. The van der Waals surface area contributed by atoms with E-state index in [1.807, 2.05) is 42.5 Å². The molecule has 2 aromatic rings. The first-order valence-electron chi connectivity index (χ1n) is 7.08. The van der Waals surface area contributed by atoms with Crippen molar-refractivity contribution in [3.05, 3.63) is 77.0 Å². The van der Waals surface area contributed by atoms with Crippen molar-refractivity contribution in [1.82, 2.24) is 0 Å². The van der Waals surface area contributed by atoms with E-state index in [-0.39, 0.29) is 12.1 Å². The highest BCUT2D eigenvalue weighted by atomic mass is 16.5. The van der Waals surface area contributed by atoms with Gasteiger partial charge in [-0.25, -0.2) is 0 Å². The first-order valence-corrected chi connectivity index (χ1v) is 7.08. The lowest BCUT2D eigenvalue weighted by molar-refractivity contribution is 0.132. The molecular weight excluding hydrogens is 260 g/mol. The third kappa shape index (κ3) is 2.78. The number of fused-ring (bicyclic) bond motifs is 1.